The van der Waals surface area contributed by atoms with Crippen LogP contribution in [-0.4, -0.2) is 38.2 Å². The summed E-state index contributed by atoms with van der Waals surface area (Å²) in [6, 6.07) is 8.34. The standard InChI is InChI=1S/C16H26N2O/c1-16(2)8-9-18(13-16)10-11-19-15-6-4-14(5-7-15)12-17-3/h4-7,17H,8-13H2,1-3H3. The zero-order chi connectivity index (χ0) is 13.7. The molecule has 2 rings (SSSR count). The average molecular weight is 262 g/mol. The Bertz CT molecular complexity index is 386. The Balaban J connectivity index is 1.71. The third-order valence-electron chi connectivity index (χ3n) is 3.74. The summed E-state index contributed by atoms with van der Waals surface area (Å²) in [5, 5.41) is 3.14. The quantitative estimate of drug-likeness (QED) is 0.852. The molecule has 1 saturated heterocycles. The second-order valence-corrected chi connectivity index (χ2v) is 6.21. The molecule has 1 aromatic carbocycles. The van der Waals surface area contributed by atoms with E-state index >= 15 is 0 Å². The third-order valence-corrected chi connectivity index (χ3v) is 3.74. The molecule has 0 bridgehead atoms. The number of rotatable bonds is 6. The van der Waals surface area contributed by atoms with Crippen LogP contribution in [0.25, 0.3) is 0 Å². The highest BCUT2D eigenvalue weighted by Crippen LogP contribution is 2.28. The van der Waals surface area contributed by atoms with E-state index in [-0.39, 0.29) is 0 Å². The summed E-state index contributed by atoms with van der Waals surface area (Å²) < 4.78 is 5.81. The highest BCUT2D eigenvalue weighted by atomic mass is 16.5. The first-order valence-corrected chi connectivity index (χ1v) is 7.18. The molecule has 0 spiro atoms. The van der Waals surface area contributed by atoms with Gasteiger partial charge >= 0.3 is 0 Å². The van der Waals surface area contributed by atoms with Crippen LogP contribution in [0.15, 0.2) is 24.3 Å². The maximum Gasteiger partial charge on any atom is 0.119 e. The summed E-state index contributed by atoms with van der Waals surface area (Å²) >= 11 is 0. The van der Waals surface area contributed by atoms with Crippen LogP contribution in [0.4, 0.5) is 0 Å². The Morgan fingerprint density at radius 3 is 2.58 bits per heavy atom. The van der Waals surface area contributed by atoms with E-state index < -0.39 is 0 Å². The summed E-state index contributed by atoms with van der Waals surface area (Å²) in [5.41, 5.74) is 1.77. The summed E-state index contributed by atoms with van der Waals surface area (Å²) in [5.74, 6) is 0.971. The molecule has 0 aromatic heterocycles. The van der Waals surface area contributed by atoms with Gasteiger partial charge in [0.2, 0.25) is 0 Å². The Kier molecular flexibility index (Phi) is 4.83. The van der Waals surface area contributed by atoms with Gasteiger partial charge in [-0.3, -0.25) is 4.90 Å². The molecule has 0 atom stereocenters. The van der Waals surface area contributed by atoms with Gasteiger partial charge in [0.05, 0.1) is 0 Å². The third kappa shape index (κ3) is 4.51. The predicted molar refractivity (Wildman–Crippen MR) is 79.5 cm³/mol. The molecule has 1 aliphatic rings. The lowest BCUT2D eigenvalue weighted by molar-refractivity contribution is 0.222. The van der Waals surface area contributed by atoms with E-state index in [2.05, 4.69) is 48.3 Å². The SMILES string of the molecule is CNCc1ccc(OCCN2CCC(C)(C)C2)cc1. The normalized spacial score (nSPS) is 18.7. The van der Waals surface area contributed by atoms with Crippen molar-refractivity contribution in [3.63, 3.8) is 0 Å². The van der Waals surface area contributed by atoms with E-state index in [0.717, 1.165) is 25.4 Å². The predicted octanol–water partition coefficient (Wildman–Crippen LogP) is 2.52. The minimum Gasteiger partial charge on any atom is -0.492 e. The molecule has 0 radical (unpaired) electrons. The maximum absolute atomic E-state index is 5.81. The van der Waals surface area contributed by atoms with Crippen molar-refractivity contribution in [2.75, 3.05) is 33.3 Å². The van der Waals surface area contributed by atoms with Gasteiger partial charge in [-0.05, 0) is 43.1 Å². The second kappa shape index (κ2) is 6.40. The molecule has 0 aliphatic carbocycles. The number of hydrogen-bond acceptors (Lipinski definition) is 3. The van der Waals surface area contributed by atoms with Crippen LogP contribution >= 0.6 is 0 Å². The van der Waals surface area contributed by atoms with Crippen molar-refractivity contribution in [3.05, 3.63) is 29.8 Å². The van der Waals surface area contributed by atoms with Gasteiger partial charge in [-0.25, -0.2) is 0 Å². The van der Waals surface area contributed by atoms with Gasteiger partial charge in [0.15, 0.2) is 0 Å². The van der Waals surface area contributed by atoms with Crippen LogP contribution in [0, 0.1) is 5.41 Å². The maximum atomic E-state index is 5.81. The monoisotopic (exact) mass is 262 g/mol. The van der Waals surface area contributed by atoms with Gasteiger partial charge < -0.3 is 10.1 Å². The zero-order valence-corrected chi connectivity index (χ0v) is 12.4. The first kappa shape index (κ1) is 14.4. The van der Waals surface area contributed by atoms with Crippen molar-refractivity contribution in [2.45, 2.75) is 26.8 Å². The van der Waals surface area contributed by atoms with Gasteiger partial charge in [-0.15, -0.1) is 0 Å². The molecule has 106 valence electrons. The number of ether oxygens (including phenoxy) is 1. The fraction of sp³-hybridized carbons (Fsp3) is 0.625. The van der Waals surface area contributed by atoms with Crippen LogP contribution in [-0.2, 0) is 6.54 Å². The van der Waals surface area contributed by atoms with E-state index in [1.807, 2.05) is 7.05 Å². The lowest BCUT2D eigenvalue weighted by atomic mass is 9.93. The van der Waals surface area contributed by atoms with Gasteiger partial charge in [0.1, 0.15) is 12.4 Å². The molecular formula is C16H26N2O. The molecule has 1 fully saturated rings. The van der Waals surface area contributed by atoms with Gasteiger partial charge in [-0.2, -0.15) is 0 Å². The van der Waals surface area contributed by atoms with Crippen molar-refractivity contribution in [2.24, 2.45) is 5.41 Å². The molecule has 0 saturated carbocycles. The first-order valence-electron chi connectivity index (χ1n) is 7.18. The Morgan fingerprint density at radius 2 is 2.00 bits per heavy atom. The highest BCUT2D eigenvalue weighted by Gasteiger charge is 2.28. The van der Waals surface area contributed by atoms with Crippen molar-refractivity contribution in [1.29, 1.82) is 0 Å². The number of likely N-dealkylation sites (tertiary alicyclic amines) is 1. The Morgan fingerprint density at radius 1 is 1.26 bits per heavy atom. The zero-order valence-electron chi connectivity index (χ0n) is 12.4. The largest absolute Gasteiger partial charge is 0.492 e. The van der Waals surface area contributed by atoms with Crippen molar-refractivity contribution in [3.8, 4) is 5.75 Å². The molecular weight excluding hydrogens is 236 g/mol. The van der Waals surface area contributed by atoms with Crippen molar-refractivity contribution < 1.29 is 4.74 Å². The van der Waals surface area contributed by atoms with Crippen LogP contribution < -0.4 is 10.1 Å². The molecule has 0 amide bonds. The van der Waals surface area contributed by atoms with E-state index in [4.69, 9.17) is 4.74 Å². The van der Waals surface area contributed by atoms with E-state index in [9.17, 15) is 0 Å². The lowest BCUT2D eigenvalue weighted by Crippen LogP contribution is -2.27. The van der Waals surface area contributed by atoms with Gasteiger partial charge in [0, 0.05) is 19.6 Å². The number of nitrogens with zero attached hydrogens (tertiary/aromatic N) is 1. The number of hydrogen-bond donors (Lipinski definition) is 1. The minimum absolute atomic E-state index is 0.481. The van der Waals surface area contributed by atoms with Gasteiger partial charge in [0.25, 0.3) is 0 Å². The molecule has 19 heavy (non-hydrogen) atoms. The van der Waals surface area contributed by atoms with E-state index in [1.165, 1.54) is 25.1 Å². The topological polar surface area (TPSA) is 24.5 Å². The highest BCUT2D eigenvalue weighted by molar-refractivity contribution is 5.27. The molecule has 1 aromatic rings. The van der Waals surface area contributed by atoms with Crippen LogP contribution in [0.2, 0.25) is 0 Å². The van der Waals surface area contributed by atoms with E-state index in [1.54, 1.807) is 0 Å². The lowest BCUT2D eigenvalue weighted by Gasteiger charge is -2.19. The van der Waals surface area contributed by atoms with Crippen molar-refractivity contribution >= 4 is 0 Å². The van der Waals surface area contributed by atoms with Crippen LogP contribution in [0.3, 0.4) is 0 Å². The summed E-state index contributed by atoms with van der Waals surface area (Å²) in [6.07, 6.45) is 1.30. The van der Waals surface area contributed by atoms with E-state index in [0.29, 0.717) is 5.41 Å². The Hall–Kier alpha value is -1.06. The minimum atomic E-state index is 0.481. The fourth-order valence-corrected chi connectivity index (χ4v) is 2.62. The van der Waals surface area contributed by atoms with Crippen LogP contribution in [0.5, 0.6) is 5.75 Å². The fourth-order valence-electron chi connectivity index (χ4n) is 2.62. The summed E-state index contributed by atoms with van der Waals surface area (Å²) in [4.78, 5) is 2.50. The molecule has 1 heterocycles. The molecule has 3 heteroatoms. The van der Waals surface area contributed by atoms with Crippen molar-refractivity contribution in [1.82, 2.24) is 10.2 Å². The smallest absolute Gasteiger partial charge is 0.119 e. The summed E-state index contributed by atoms with van der Waals surface area (Å²) in [7, 11) is 1.96. The number of benzene rings is 1. The molecule has 3 nitrogen and oxygen atoms in total. The summed E-state index contributed by atoms with van der Waals surface area (Å²) in [6.45, 7) is 9.80. The van der Waals surface area contributed by atoms with Crippen LogP contribution in [0.1, 0.15) is 25.8 Å². The average Bonchev–Trinajstić information content (AvgIpc) is 2.72. The second-order valence-electron chi connectivity index (χ2n) is 6.21. The molecule has 1 N–H and O–H groups in total. The number of nitrogens with one attached hydrogen (secondary N) is 1. The Labute approximate surface area is 116 Å². The van der Waals surface area contributed by atoms with Gasteiger partial charge in [-0.1, -0.05) is 26.0 Å². The first-order chi connectivity index (χ1) is 9.09. The molecule has 1 aliphatic heterocycles. The molecule has 0 unspecified atom stereocenters.